The minimum Gasteiger partial charge on any atom is -0.446 e. The van der Waals surface area contributed by atoms with Crippen LogP contribution in [0.4, 0.5) is 0 Å². The third-order valence-electron chi connectivity index (χ3n) is 3.94. The van der Waals surface area contributed by atoms with Crippen LogP contribution in [-0.4, -0.2) is 25.0 Å². The van der Waals surface area contributed by atoms with Crippen LogP contribution in [0, 0.1) is 5.92 Å². The zero-order valence-electron chi connectivity index (χ0n) is 12.5. The smallest absolute Gasteiger partial charge is 0.287 e. The lowest BCUT2D eigenvalue weighted by Crippen LogP contribution is -2.30. The summed E-state index contributed by atoms with van der Waals surface area (Å²) in [5.41, 5.74) is 6.21. The minimum atomic E-state index is -0.697. The van der Waals surface area contributed by atoms with Gasteiger partial charge in [0.05, 0.1) is 6.10 Å². The summed E-state index contributed by atoms with van der Waals surface area (Å²) in [5.74, 6) is -0.809. The molecule has 120 valence electrons. The largest absolute Gasteiger partial charge is 0.446 e. The number of benzene rings is 1. The van der Waals surface area contributed by atoms with E-state index in [1.807, 2.05) is 30.3 Å². The molecule has 6 nitrogen and oxygen atoms in total. The first-order valence-corrected chi connectivity index (χ1v) is 7.49. The van der Waals surface area contributed by atoms with Crippen molar-refractivity contribution < 1.29 is 18.7 Å². The fourth-order valence-electron chi connectivity index (χ4n) is 2.76. The molecule has 1 aliphatic rings. The fourth-order valence-corrected chi connectivity index (χ4v) is 2.76. The Morgan fingerprint density at radius 2 is 1.87 bits per heavy atom. The average Bonchev–Trinajstić information content (AvgIpc) is 3.22. The number of nitrogens with two attached hydrogens (primary N) is 1. The minimum absolute atomic E-state index is 0.0192. The van der Waals surface area contributed by atoms with E-state index in [-0.39, 0.29) is 29.4 Å². The van der Waals surface area contributed by atoms with Crippen molar-refractivity contribution in [3.05, 3.63) is 59.5 Å². The van der Waals surface area contributed by atoms with Crippen molar-refractivity contribution in [2.75, 3.05) is 13.2 Å². The molecule has 1 aromatic carbocycles. The van der Waals surface area contributed by atoms with Gasteiger partial charge in [-0.3, -0.25) is 9.59 Å². The van der Waals surface area contributed by atoms with Gasteiger partial charge < -0.3 is 20.2 Å². The molecule has 1 aliphatic heterocycles. The summed E-state index contributed by atoms with van der Waals surface area (Å²) in [5, 5.41) is 2.83. The quantitative estimate of drug-likeness (QED) is 0.881. The van der Waals surface area contributed by atoms with Gasteiger partial charge in [0.1, 0.15) is 0 Å². The molecule has 0 radical (unpaired) electrons. The third-order valence-corrected chi connectivity index (χ3v) is 3.94. The van der Waals surface area contributed by atoms with E-state index in [4.69, 9.17) is 14.9 Å². The lowest BCUT2D eigenvalue weighted by Gasteiger charge is -2.19. The molecule has 2 amide bonds. The summed E-state index contributed by atoms with van der Waals surface area (Å²) in [7, 11) is 0. The SMILES string of the molecule is NC(=O)c1ccc(C(=O)NC[C@@H]2CCO[C@H]2c2ccccc2)o1. The van der Waals surface area contributed by atoms with Crippen LogP contribution in [0.2, 0.25) is 0 Å². The van der Waals surface area contributed by atoms with Gasteiger partial charge in [0.15, 0.2) is 11.5 Å². The van der Waals surface area contributed by atoms with E-state index >= 15 is 0 Å². The number of carbonyl (C=O) groups excluding carboxylic acids is 2. The van der Waals surface area contributed by atoms with Gasteiger partial charge in [-0.05, 0) is 24.1 Å². The number of rotatable bonds is 5. The van der Waals surface area contributed by atoms with E-state index in [0.717, 1.165) is 12.0 Å². The van der Waals surface area contributed by atoms with Crippen LogP contribution in [0.25, 0.3) is 0 Å². The molecule has 3 N–H and O–H groups in total. The predicted molar refractivity (Wildman–Crippen MR) is 82.8 cm³/mol. The molecule has 3 rings (SSSR count). The first-order valence-electron chi connectivity index (χ1n) is 7.49. The van der Waals surface area contributed by atoms with Crippen molar-refractivity contribution in [1.82, 2.24) is 5.32 Å². The van der Waals surface area contributed by atoms with Gasteiger partial charge in [-0.15, -0.1) is 0 Å². The Kier molecular flexibility index (Phi) is 4.43. The summed E-state index contributed by atoms with van der Waals surface area (Å²) in [6.45, 7) is 1.15. The second-order valence-electron chi connectivity index (χ2n) is 5.49. The van der Waals surface area contributed by atoms with Crippen LogP contribution in [-0.2, 0) is 4.74 Å². The summed E-state index contributed by atoms with van der Waals surface area (Å²) in [6, 6.07) is 12.8. The highest BCUT2D eigenvalue weighted by molar-refractivity contribution is 5.94. The predicted octanol–water partition coefficient (Wildman–Crippen LogP) is 1.89. The maximum Gasteiger partial charge on any atom is 0.287 e. The molecule has 0 bridgehead atoms. The van der Waals surface area contributed by atoms with Gasteiger partial charge in [0, 0.05) is 19.1 Å². The highest BCUT2D eigenvalue weighted by Crippen LogP contribution is 2.33. The Balaban J connectivity index is 1.60. The molecular formula is C17H18N2O4. The fraction of sp³-hybridized carbons (Fsp3) is 0.294. The lowest BCUT2D eigenvalue weighted by molar-refractivity contribution is 0.0830. The van der Waals surface area contributed by atoms with Crippen molar-refractivity contribution in [2.24, 2.45) is 11.7 Å². The molecule has 2 atom stereocenters. The maximum absolute atomic E-state index is 12.1. The summed E-state index contributed by atoms with van der Waals surface area (Å²) in [6.07, 6.45) is 0.860. The van der Waals surface area contributed by atoms with Gasteiger partial charge in [-0.1, -0.05) is 30.3 Å². The van der Waals surface area contributed by atoms with E-state index in [0.29, 0.717) is 13.2 Å². The molecule has 0 spiro atoms. The van der Waals surface area contributed by atoms with Crippen molar-refractivity contribution in [3.63, 3.8) is 0 Å². The second-order valence-corrected chi connectivity index (χ2v) is 5.49. The molecule has 23 heavy (non-hydrogen) atoms. The Bertz CT molecular complexity index is 696. The molecular weight excluding hydrogens is 296 g/mol. The normalized spacial score (nSPS) is 20.3. The van der Waals surface area contributed by atoms with Crippen molar-refractivity contribution in [2.45, 2.75) is 12.5 Å². The molecule has 0 unspecified atom stereocenters. The second kappa shape index (κ2) is 6.66. The Morgan fingerprint density at radius 3 is 2.57 bits per heavy atom. The van der Waals surface area contributed by atoms with E-state index in [9.17, 15) is 9.59 Å². The van der Waals surface area contributed by atoms with Crippen molar-refractivity contribution in [1.29, 1.82) is 0 Å². The van der Waals surface area contributed by atoms with Crippen LogP contribution in [0.5, 0.6) is 0 Å². The Hall–Kier alpha value is -2.60. The van der Waals surface area contributed by atoms with E-state index < -0.39 is 5.91 Å². The monoisotopic (exact) mass is 314 g/mol. The first kappa shape index (κ1) is 15.3. The standard InChI is InChI=1S/C17H18N2O4/c18-16(20)13-6-7-14(23-13)17(21)19-10-12-8-9-22-15(12)11-4-2-1-3-5-11/h1-7,12,15H,8-10H2,(H2,18,20)(H,19,21)/t12-,15-/m0/s1. The van der Waals surface area contributed by atoms with Crippen LogP contribution in [0.15, 0.2) is 46.9 Å². The highest BCUT2D eigenvalue weighted by Gasteiger charge is 2.30. The van der Waals surface area contributed by atoms with Gasteiger partial charge in [-0.25, -0.2) is 0 Å². The molecule has 2 heterocycles. The van der Waals surface area contributed by atoms with E-state index in [1.54, 1.807) is 0 Å². The number of hydrogen-bond acceptors (Lipinski definition) is 4. The summed E-state index contributed by atoms with van der Waals surface area (Å²) < 4.78 is 10.9. The molecule has 0 saturated carbocycles. The van der Waals surface area contributed by atoms with Gasteiger partial charge >= 0.3 is 0 Å². The zero-order valence-corrected chi connectivity index (χ0v) is 12.5. The zero-order chi connectivity index (χ0) is 16.2. The van der Waals surface area contributed by atoms with Gasteiger partial charge in [-0.2, -0.15) is 0 Å². The topological polar surface area (TPSA) is 94.6 Å². The van der Waals surface area contributed by atoms with E-state index in [1.165, 1.54) is 12.1 Å². The number of carbonyl (C=O) groups is 2. The molecule has 2 aromatic rings. The van der Waals surface area contributed by atoms with E-state index in [2.05, 4.69) is 5.32 Å². The molecule has 1 aromatic heterocycles. The number of hydrogen-bond donors (Lipinski definition) is 2. The van der Waals surface area contributed by atoms with Crippen molar-refractivity contribution >= 4 is 11.8 Å². The van der Waals surface area contributed by atoms with Crippen molar-refractivity contribution in [3.8, 4) is 0 Å². The molecule has 6 heteroatoms. The third kappa shape index (κ3) is 3.43. The Labute approximate surface area is 133 Å². The van der Waals surface area contributed by atoms with Gasteiger partial charge in [0.2, 0.25) is 0 Å². The number of nitrogens with one attached hydrogen (secondary N) is 1. The van der Waals surface area contributed by atoms with Crippen LogP contribution in [0.3, 0.4) is 0 Å². The number of furan rings is 1. The van der Waals surface area contributed by atoms with Crippen LogP contribution in [0.1, 0.15) is 39.2 Å². The van der Waals surface area contributed by atoms with Crippen LogP contribution >= 0.6 is 0 Å². The number of primary amides is 1. The summed E-state index contributed by atoms with van der Waals surface area (Å²) in [4.78, 5) is 23.1. The number of amides is 2. The molecule has 1 fully saturated rings. The average molecular weight is 314 g/mol. The number of ether oxygens (including phenoxy) is 1. The van der Waals surface area contributed by atoms with Gasteiger partial charge in [0.25, 0.3) is 11.8 Å². The maximum atomic E-state index is 12.1. The first-order chi connectivity index (χ1) is 11.1. The highest BCUT2D eigenvalue weighted by atomic mass is 16.5. The summed E-state index contributed by atoms with van der Waals surface area (Å²) >= 11 is 0. The lowest BCUT2D eigenvalue weighted by atomic mass is 9.95. The van der Waals surface area contributed by atoms with Crippen LogP contribution < -0.4 is 11.1 Å². The molecule has 0 aliphatic carbocycles. The molecule has 1 saturated heterocycles. The Morgan fingerprint density at radius 1 is 1.13 bits per heavy atom.